The molecule has 4 rings (SSSR count). The molecule has 0 aromatic heterocycles. The van der Waals surface area contributed by atoms with Crippen molar-refractivity contribution in [3.05, 3.63) is 114 Å². The Morgan fingerprint density at radius 2 is 1.15 bits per heavy atom. The molecule has 0 atom stereocenters. The second-order valence-corrected chi connectivity index (χ2v) is 6.43. The van der Waals surface area contributed by atoms with Crippen molar-refractivity contribution >= 4 is 0 Å². The van der Waals surface area contributed by atoms with E-state index in [0.29, 0.717) is 5.75 Å². The summed E-state index contributed by atoms with van der Waals surface area (Å²) in [6.45, 7) is 0. The van der Waals surface area contributed by atoms with Crippen molar-refractivity contribution in [2.75, 3.05) is 0 Å². The quantitative estimate of drug-likeness (QED) is 0.462. The van der Waals surface area contributed by atoms with Gasteiger partial charge in [-0.05, 0) is 40.3 Å². The number of phenolic OH excluding ortho intramolecular Hbond substituents is 1. The number of aromatic hydroxyl groups is 1. The number of rotatable bonds is 4. The highest BCUT2D eigenvalue weighted by Gasteiger charge is 2.11. The lowest BCUT2D eigenvalue weighted by Crippen LogP contribution is -1.92. The normalized spacial score (nSPS) is 10.6. The molecule has 0 unspecified atom stereocenters. The van der Waals surface area contributed by atoms with Gasteiger partial charge in [0.15, 0.2) is 0 Å². The zero-order valence-electron chi connectivity index (χ0n) is 14.5. The number of para-hydroxylation sites is 1. The predicted molar refractivity (Wildman–Crippen MR) is 108 cm³/mol. The fourth-order valence-corrected chi connectivity index (χ4v) is 3.33. The van der Waals surface area contributed by atoms with Crippen LogP contribution >= 0.6 is 0 Å². The van der Waals surface area contributed by atoms with E-state index in [2.05, 4.69) is 54.6 Å². The minimum absolute atomic E-state index is 0.306. The van der Waals surface area contributed by atoms with Gasteiger partial charge in [-0.15, -0.1) is 0 Å². The van der Waals surface area contributed by atoms with Crippen molar-refractivity contribution in [2.24, 2.45) is 0 Å². The van der Waals surface area contributed by atoms with Crippen LogP contribution in [0, 0.1) is 0 Å². The second kappa shape index (κ2) is 7.28. The van der Waals surface area contributed by atoms with E-state index in [1.54, 1.807) is 6.07 Å². The molecule has 0 bridgehead atoms. The lowest BCUT2D eigenvalue weighted by Gasteiger charge is -2.14. The Balaban J connectivity index is 1.83. The molecular weight excluding hydrogens is 316 g/mol. The lowest BCUT2D eigenvalue weighted by molar-refractivity contribution is 0.477. The summed E-state index contributed by atoms with van der Waals surface area (Å²) in [7, 11) is 0. The van der Waals surface area contributed by atoms with E-state index in [-0.39, 0.29) is 0 Å². The third-order valence-electron chi connectivity index (χ3n) is 4.61. The molecule has 0 aliphatic carbocycles. The number of benzene rings is 4. The number of hydrogen-bond donors (Lipinski definition) is 1. The molecule has 1 heteroatoms. The summed E-state index contributed by atoms with van der Waals surface area (Å²) in [5.41, 5.74) is 6.75. The molecule has 0 heterocycles. The van der Waals surface area contributed by atoms with E-state index in [1.165, 1.54) is 11.1 Å². The average molecular weight is 336 g/mol. The molecule has 4 aromatic carbocycles. The predicted octanol–water partition coefficient (Wildman–Crippen LogP) is 6.32. The highest BCUT2D eigenvalue weighted by Crippen LogP contribution is 2.37. The molecule has 126 valence electrons. The van der Waals surface area contributed by atoms with Crippen molar-refractivity contribution in [1.29, 1.82) is 0 Å². The molecule has 1 nitrogen and oxygen atoms in total. The van der Waals surface area contributed by atoms with Crippen LogP contribution in [-0.2, 0) is 6.42 Å². The standard InChI is InChI=1S/C25H20O/c26-25-14-8-7-13-23(25)22-16-15-20(17-19-9-3-1-4-10-19)18-24(22)21-11-5-2-6-12-21/h1-16,18,26H,17H2. The van der Waals surface area contributed by atoms with Crippen molar-refractivity contribution in [2.45, 2.75) is 6.42 Å². The molecule has 1 N–H and O–H groups in total. The molecule has 0 saturated heterocycles. The summed E-state index contributed by atoms with van der Waals surface area (Å²) in [5.74, 6) is 0.306. The Kier molecular flexibility index (Phi) is 4.53. The first kappa shape index (κ1) is 16.2. The average Bonchev–Trinajstić information content (AvgIpc) is 2.70. The Bertz CT molecular complexity index is 1000. The van der Waals surface area contributed by atoms with Crippen LogP contribution in [0.1, 0.15) is 11.1 Å². The first-order valence-corrected chi connectivity index (χ1v) is 8.82. The summed E-state index contributed by atoms with van der Waals surface area (Å²) in [4.78, 5) is 0. The zero-order valence-corrected chi connectivity index (χ0v) is 14.5. The second-order valence-electron chi connectivity index (χ2n) is 6.43. The van der Waals surface area contributed by atoms with Gasteiger partial charge in [-0.1, -0.05) is 97.1 Å². The van der Waals surface area contributed by atoms with Gasteiger partial charge >= 0.3 is 0 Å². The van der Waals surface area contributed by atoms with Gasteiger partial charge in [0.05, 0.1) is 0 Å². The van der Waals surface area contributed by atoms with Gasteiger partial charge in [-0.3, -0.25) is 0 Å². The lowest BCUT2D eigenvalue weighted by atomic mass is 9.91. The molecular formula is C25H20O. The van der Waals surface area contributed by atoms with Gasteiger partial charge in [0.2, 0.25) is 0 Å². The minimum Gasteiger partial charge on any atom is -0.507 e. The Hall–Kier alpha value is -3.32. The Morgan fingerprint density at radius 3 is 1.88 bits per heavy atom. The van der Waals surface area contributed by atoms with Gasteiger partial charge < -0.3 is 5.11 Å². The zero-order chi connectivity index (χ0) is 17.8. The van der Waals surface area contributed by atoms with Gasteiger partial charge in [-0.2, -0.15) is 0 Å². The van der Waals surface area contributed by atoms with Crippen LogP contribution in [-0.4, -0.2) is 5.11 Å². The number of phenols is 1. The summed E-state index contributed by atoms with van der Waals surface area (Å²) < 4.78 is 0. The summed E-state index contributed by atoms with van der Waals surface area (Å²) in [6.07, 6.45) is 0.891. The molecule has 0 aliphatic heterocycles. The molecule has 0 fully saturated rings. The van der Waals surface area contributed by atoms with Crippen LogP contribution in [0.4, 0.5) is 0 Å². The monoisotopic (exact) mass is 336 g/mol. The number of hydrogen-bond acceptors (Lipinski definition) is 1. The van der Waals surface area contributed by atoms with Crippen LogP contribution in [0.2, 0.25) is 0 Å². The fraction of sp³-hybridized carbons (Fsp3) is 0.0400. The maximum absolute atomic E-state index is 10.3. The highest BCUT2D eigenvalue weighted by atomic mass is 16.3. The molecule has 0 spiro atoms. The smallest absolute Gasteiger partial charge is 0.123 e. The van der Waals surface area contributed by atoms with E-state index >= 15 is 0 Å². The van der Waals surface area contributed by atoms with Crippen LogP contribution < -0.4 is 0 Å². The first-order valence-electron chi connectivity index (χ1n) is 8.82. The Labute approximate surface area is 154 Å². The molecule has 0 radical (unpaired) electrons. The first-order chi connectivity index (χ1) is 12.8. The minimum atomic E-state index is 0.306. The van der Waals surface area contributed by atoms with Crippen LogP contribution in [0.3, 0.4) is 0 Å². The van der Waals surface area contributed by atoms with Gasteiger partial charge in [0.1, 0.15) is 5.75 Å². The molecule has 26 heavy (non-hydrogen) atoms. The van der Waals surface area contributed by atoms with Crippen LogP contribution in [0.5, 0.6) is 5.75 Å². The topological polar surface area (TPSA) is 20.2 Å². The van der Waals surface area contributed by atoms with E-state index in [4.69, 9.17) is 0 Å². The molecule has 0 saturated carbocycles. The highest BCUT2D eigenvalue weighted by molar-refractivity contribution is 5.86. The maximum Gasteiger partial charge on any atom is 0.123 e. The van der Waals surface area contributed by atoms with Gasteiger partial charge in [0.25, 0.3) is 0 Å². The van der Waals surface area contributed by atoms with Crippen LogP contribution in [0.15, 0.2) is 103 Å². The third kappa shape index (κ3) is 3.38. The van der Waals surface area contributed by atoms with E-state index in [1.807, 2.05) is 42.5 Å². The van der Waals surface area contributed by atoms with E-state index in [0.717, 1.165) is 28.7 Å². The third-order valence-corrected chi connectivity index (χ3v) is 4.61. The van der Waals surface area contributed by atoms with Crippen molar-refractivity contribution in [3.8, 4) is 28.0 Å². The van der Waals surface area contributed by atoms with E-state index < -0.39 is 0 Å². The van der Waals surface area contributed by atoms with Crippen molar-refractivity contribution in [3.63, 3.8) is 0 Å². The molecule has 0 aliphatic rings. The summed E-state index contributed by atoms with van der Waals surface area (Å²) in [6, 6.07) is 34.9. The fourth-order valence-electron chi connectivity index (χ4n) is 3.33. The maximum atomic E-state index is 10.3. The van der Waals surface area contributed by atoms with Crippen molar-refractivity contribution < 1.29 is 5.11 Å². The SMILES string of the molecule is Oc1ccccc1-c1ccc(Cc2ccccc2)cc1-c1ccccc1. The summed E-state index contributed by atoms with van der Waals surface area (Å²) >= 11 is 0. The summed E-state index contributed by atoms with van der Waals surface area (Å²) in [5, 5.41) is 10.3. The van der Waals surface area contributed by atoms with Gasteiger partial charge in [-0.25, -0.2) is 0 Å². The van der Waals surface area contributed by atoms with Crippen molar-refractivity contribution in [1.82, 2.24) is 0 Å². The van der Waals surface area contributed by atoms with Gasteiger partial charge in [0, 0.05) is 5.56 Å². The largest absolute Gasteiger partial charge is 0.507 e. The van der Waals surface area contributed by atoms with E-state index in [9.17, 15) is 5.11 Å². The Morgan fingerprint density at radius 1 is 0.500 bits per heavy atom. The van der Waals surface area contributed by atoms with Crippen LogP contribution in [0.25, 0.3) is 22.3 Å². The molecule has 0 amide bonds. The molecule has 4 aromatic rings.